The first-order chi connectivity index (χ1) is 8.24. The quantitative estimate of drug-likeness (QED) is 0.736. The van der Waals surface area contributed by atoms with Crippen LogP contribution in [0.3, 0.4) is 0 Å². The number of hydrogen-bond acceptors (Lipinski definition) is 3. The van der Waals surface area contributed by atoms with Crippen LogP contribution in [0.5, 0.6) is 0 Å². The zero-order chi connectivity index (χ0) is 12.3. The Morgan fingerprint density at radius 1 is 1.47 bits per heavy atom. The number of rotatable bonds is 4. The van der Waals surface area contributed by atoms with Gasteiger partial charge in [0.15, 0.2) is 0 Å². The van der Waals surface area contributed by atoms with Gasteiger partial charge >= 0.3 is 0 Å². The van der Waals surface area contributed by atoms with Gasteiger partial charge in [-0.25, -0.2) is 0 Å². The molecular weight excluding hydrogens is 214 g/mol. The maximum atomic E-state index is 12.1. The van der Waals surface area contributed by atoms with Crippen LogP contribution >= 0.6 is 0 Å². The van der Waals surface area contributed by atoms with Crippen molar-refractivity contribution in [3.8, 4) is 6.07 Å². The van der Waals surface area contributed by atoms with Crippen molar-refractivity contribution in [3.05, 3.63) is 0 Å². The number of likely N-dealkylation sites (N-methyl/N-ethyl adjacent to an activating group) is 1. The molecule has 4 heteroatoms. The van der Waals surface area contributed by atoms with Crippen molar-refractivity contribution in [2.75, 3.05) is 26.2 Å². The van der Waals surface area contributed by atoms with Gasteiger partial charge in [0.2, 0.25) is 5.91 Å². The van der Waals surface area contributed by atoms with Crippen molar-refractivity contribution in [2.24, 2.45) is 5.92 Å². The molecule has 0 aromatic heterocycles. The van der Waals surface area contributed by atoms with Crippen molar-refractivity contribution >= 4 is 5.91 Å². The molecule has 1 aliphatic heterocycles. The maximum absolute atomic E-state index is 12.1. The van der Waals surface area contributed by atoms with Crippen molar-refractivity contribution in [2.45, 2.75) is 38.6 Å². The molecule has 1 unspecified atom stereocenters. The Morgan fingerprint density at radius 2 is 2.24 bits per heavy atom. The smallest absolute Gasteiger partial charge is 0.236 e. The van der Waals surface area contributed by atoms with Gasteiger partial charge in [-0.05, 0) is 39.2 Å². The topological polar surface area (TPSA) is 47.3 Å². The van der Waals surface area contributed by atoms with Crippen LogP contribution < -0.4 is 0 Å². The molecule has 2 fully saturated rings. The van der Waals surface area contributed by atoms with Crippen molar-refractivity contribution in [1.29, 1.82) is 5.26 Å². The summed E-state index contributed by atoms with van der Waals surface area (Å²) in [6, 6.07) is 2.82. The highest BCUT2D eigenvalue weighted by Gasteiger charge is 2.32. The van der Waals surface area contributed by atoms with Gasteiger partial charge in [0.25, 0.3) is 0 Å². The van der Waals surface area contributed by atoms with Crippen molar-refractivity contribution < 1.29 is 4.79 Å². The fourth-order valence-electron chi connectivity index (χ4n) is 2.61. The Labute approximate surface area is 103 Å². The molecule has 1 atom stereocenters. The molecule has 0 N–H and O–H groups in total. The Bertz CT molecular complexity index is 319. The minimum Gasteiger partial charge on any atom is -0.339 e. The van der Waals surface area contributed by atoms with Crippen LogP contribution in [-0.2, 0) is 4.79 Å². The monoisotopic (exact) mass is 235 g/mol. The van der Waals surface area contributed by atoms with Gasteiger partial charge in [0.05, 0.1) is 18.5 Å². The second-order valence-corrected chi connectivity index (χ2v) is 5.11. The molecule has 0 aromatic carbocycles. The number of amides is 1. The van der Waals surface area contributed by atoms with E-state index < -0.39 is 0 Å². The van der Waals surface area contributed by atoms with Gasteiger partial charge in [-0.3, -0.25) is 9.69 Å². The van der Waals surface area contributed by atoms with E-state index in [4.69, 9.17) is 5.26 Å². The Hall–Kier alpha value is -1.08. The number of nitriles is 1. The van der Waals surface area contributed by atoms with Crippen LogP contribution in [0, 0.1) is 17.2 Å². The first-order valence-electron chi connectivity index (χ1n) is 6.66. The first kappa shape index (κ1) is 12.4. The summed E-state index contributed by atoms with van der Waals surface area (Å²) in [4.78, 5) is 16.3. The zero-order valence-electron chi connectivity index (χ0n) is 10.6. The lowest BCUT2D eigenvalue weighted by Gasteiger charge is -2.31. The molecule has 1 saturated heterocycles. The summed E-state index contributed by atoms with van der Waals surface area (Å²) >= 11 is 0. The Morgan fingerprint density at radius 3 is 2.82 bits per heavy atom. The van der Waals surface area contributed by atoms with Crippen LogP contribution in [0.4, 0.5) is 0 Å². The van der Waals surface area contributed by atoms with Gasteiger partial charge in [-0.2, -0.15) is 5.26 Å². The summed E-state index contributed by atoms with van der Waals surface area (Å²) in [5.74, 6) is 0.362. The van der Waals surface area contributed by atoms with E-state index in [0.29, 0.717) is 12.6 Å². The summed E-state index contributed by atoms with van der Waals surface area (Å²) in [6.45, 7) is 5.10. The van der Waals surface area contributed by atoms with Crippen LogP contribution in [0.1, 0.15) is 32.6 Å². The van der Waals surface area contributed by atoms with E-state index in [0.717, 1.165) is 32.5 Å². The van der Waals surface area contributed by atoms with E-state index in [9.17, 15) is 4.79 Å². The molecule has 17 heavy (non-hydrogen) atoms. The largest absolute Gasteiger partial charge is 0.339 e. The summed E-state index contributed by atoms with van der Waals surface area (Å²) in [5, 5.41) is 8.92. The lowest BCUT2D eigenvalue weighted by atomic mass is 10.00. The van der Waals surface area contributed by atoms with E-state index in [1.807, 2.05) is 11.8 Å². The van der Waals surface area contributed by atoms with E-state index in [-0.39, 0.29) is 11.8 Å². The molecular formula is C13H21N3O. The fourth-order valence-corrected chi connectivity index (χ4v) is 2.61. The molecule has 1 heterocycles. The molecule has 0 radical (unpaired) electrons. The van der Waals surface area contributed by atoms with Gasteiger partial charge in [0.1, 0.15) is 0 Å². The van der Waals surface area contributed by atoms with E-state index in [2.05, 4.69) is 11.0 Å². The van der Waals surface area contributed by atoms with Gasteiger partial charge < -0.3 is 4.90 Å². The molecule has 0 bridgehead atoms. The average Bonchev–Trinajstić information content (AvgIpc) is 3.15. The van der Waals surface area contributed by atoms with Crippen LogP contribution in [0.25, 0.3) is 0 Å². The molecule has 94 valence electrons. The molecule has 0 spiro atoms. The number of hydrogen-bond donors (Lipinski definition) is 0. The number of carbonyl (C=O) groups is 1. The molecule has 1 aliphatic carbocycles. The summed E-state index contributed by atoms with van der Waals surface area (Å²) in [6.07, 6.45) is 4.36. The van der Waals surface area contributed by atoms with Crippen LogP contribution in [0.2, 0.25) is 0 Å². The maximum Gasteiger partial charge on any atom is 0.236 e. The van der Waals surface area contributed by atoms with E-state index in [1.165, 1.54) is 12.8 Å². The average molecular weight is 235 g/mol. The zero-order valence-corrected chi connectivity index (χ0v) is 10.6. The predicted molar refractivity (Wildman–Crippen MR) is 65.2 cm³/mol. The lowest BCUT2D eigenvalue weighted by molar-refractivity contribution is -0.133. The van der Waals surface area contributed by atoms with Crippen molar-refractivity contribution in [1.82, 2.24) is 9.80 Å². The van der Waals surface area contributed by atoms with Crippen molar-refractivity contribution in [3.63, 3.8) is 0 Å². The molecule has 1 amide bonds. The summed E-state index contributed by atoms with van der Waals surface area (Å²) < 4.78 is 0. The van der Waals surface area contributed by atoms with E-state index in [1.54, 1.807) is 0 Å². The highest BCUT2D eigenvalue weighted by molar-refractivity contribution is 5.78. The third-order valence-electron chi connectivity index (χ3n) is 3.70. The normalized spacial score (nSPS) is 25.3. The number of piperidine rings is 1. The second-order valence-electron chi connectivity index (χ2n) is 5.11. The van der Waals surface area contributed by atoms with E-state index >= 15 is 0 Å². The summed E-state index contributed by atoms with van der Waals surface area (Å²) in [7, 11) is 0. The minimum absolute atomic E-state index is 0.118. The van der Waals surface area contributed by atoms with Crippen LogP contribution in [-0.4, -0.2) is 47.9 Å². The SMILES string of the molecule is CCN(C(=O)CN1CCCC(C#N)C1)C1CC1. The Balaban J connectivity index is 1.83. The van der Waals surface area contributed by atoms with Crippen LogP contribution in [0.15, 0.2) is 0 Å². The molecule has 0 aromatic rings. The molecule has 2 rings (SSSR count). The fraction of sp³-hybridized carbons (Fsp3) is 0.846. The molecule has 4 nitrogen and oxygen atoms in total. The second kappa shape index (κ2) is 5.50. The number of carbonyl (C=O) groups excluding carboxylic acids is 1. The highest BCUT2D eigenvalue weighted by Crippen LogP contribution is 2.27. The Kier molecular flexibility index (Phi) is 4.01. The van der Waals surface area contributed by atoms with Gasteiger partial charge in [-0.1, -0.05) is 0 Å². The summed E-state index contributed by atoms with van der Waals surface area (Å²) in [5.41, 5.74) is 0. The standard InChI is InChI=1S/C13H21N3O/c1-2-16(12-5-6-12)13(17)10-15-7-3-4-11(8-14)9-15/h11-12H,2-7,9-10H2,1H3. The third kappa shape index (κ3) is 3.19. The third-order valence-corrected chi connectivity index (χ3v) is 3.70. The first-order valence-corrected chi connectivity index (χ1v) is 6.66. The molecule has 2 aliphatic rings. The minimum atomic E-state index is 0.118. The number of likely N-dealkylation sites (tertiary alicyclic amines) is 1. The number of nitrogens with zero attached hydrogens (tertiary/aromatic N) is 3. The highest BCUT2D eigenvalue weighted by atomic mass is 16.2. The van der Waals surface area contributed by atoms with Gasteiger partial charge in [0, 0.05) is 19.1 Å². The van der Waals surface area contributed by atoms with Gasteiger partial charge in [-0.15, -0.1) is 0 Å². The molecule has 1 saturated carbocycles. The predicted octanol–water partition coefficient (Wildman–Crippen LogP) is 1.23. The lowest BCUT2D eigenvalue weighted by Crippen LogP contribution is -2.44.